The van der Waals surface area contributed by atoms with Crippen LogP contribution in [0.2, 0.25) is 5.02 Å². The van der Waals surface area contributed by atoms with Crippen LogP contribution in [0.5, 0.6) is 11.5 Å². The maximum Gasteiger partial charge on any atom is 0.340 e. The molecule has 0 fully saturated rings. The molecule has 142 valence electrons. The van der Waals surface area contributed by atoms with Gasteiger partial charge in [-0.2, -0.15) is 0 Å². The summed E-state index contributed by atoms with van der Waals surface area (Å²) in [5.74, 6) is -2.87. The van der Waals surface area contributed by atoms with Crippen LogP contribution in [0.25, 0.3) is 0 Å². The number of amides is 1. The van der Waals surface area contributed by atoms with Crippen molar-refractivity contribution >= 4 is 23.5 Å². The molecule has 0 saturated carbocycles. The van der Waals surface area contributed by atoms with E-state index in [9.17, 15) is 18.4 Å². The first-order chi connectivity index (χ1) is 12.9. The van der Waals surface area contributed by atoms with E-state index < -0.39 is 36.2 Å². The van der Waals surface area contributed by atoms with E-state index >= 15 is 0 Å². The molecule has 1 aliphatic rings. The maximum atomic E-state index is 13.2. The highest BCUT2D eigenvalue weighted by molar-refractivity contribution is 6.33. The fourth-order valence-corrected chi connectivity index (χ4v) is 2.56. The van der Waals surface area contributed by atoms with Gasteiger partial charge in [-0.25, -0.2) is 13.6 Å². The first kappa shape index (κ1) is 18.9. The summed E-state index contributed by atoms with van der Waals surface area (Å²) in [6.45, 7) is -0.226. The van der Waals surface area contributed by atoms with Crippen molar-refractivity contribution in [3.05, 3.63) is 58.6 Å². The monoisotopic (exact) mass is 397 g/mol. The van der Waals surface area contributed by atoms with Crippen molar-refractivity contribution in [2.75, 3.05) is 19.8 Å². The predicted octanol–water partition coefficient (Wildman–Crippen LogP) is 2.73. The highest BCUT2D eigenvalue weighted by Gasteiger charge is 2.22. The number of hydrogen-bond acceptors (Lipinski definition) is 5. The lowest BCUT2D eigenvalue weighted by atomic mass is 10.2. The lowest BCUT2D eigenvalue weighted by molar-refractivity contribution is -0.124. The zero-order valence-electron chi connectivity index (χ0n) is 13.8. The van der Waals surface area contributed by atoms with Crippen LogP contribution in [0, 0.1) is 11.6 Å². The molecular weight excluding hydrogens is 384 g/mol. The fourth-order valence-electron chi connectivity index (χ4n) is 2.33. The minimum atomic E-state index is -1.24. The number of para-hydroxylation sites is 2. The van der Waals surface area contributed by atoms with Gasteiger partial charge in [0.15, 0.2) is 29.7 Å². The smallest absolute Gasteiger partial charge is 0.340 e. The van der Waals surface area contributed by atoms with Crippen molar-refractivity contribution in [2.45, 2.75) is 6.10 Å². The number of ether oxygens (including phenoxy) is 3. The van der Waals surface area contributed by atoms with Crippen LogP contribution < -0.4 is 14.8 Å². The van der Waals surface area contributed by atoms with Gasteiger partial charge >= 0.3 is 5.97 Å². The molecule has 1 aliphatic heterocycles. The SMILES string of the molecule is O=C(COC(=O)c1cc(F)c(F)cc1Cl)NCC1COc2ccccc2O1. The summed E-state index contributed by atoms with van der Waals surface area (Å²) in [6, 6.07) is 8.40. The van der Waals surface area contributed by atoms with E-state index in [4.69, 9.17) is 25.8 Å². The molecule has 2 aromatic carbocycles. The van der Waals surface area contributed by atoms with Crippen molar-refractivity contribution in [2.24, 2.45) is 0 Å². The molecule has 0 aromatic heterocycles. The Bertz CT molecular complexity index is 877. The Labute approximate surface area is 158 Å². The topological polar surface area (TPSA) is 73.9 Å². The third-order valence-corrected chi connectivity index (χ3v) is 3.97. The van der Waals surface area contributed by atoms with E-state index in [2.05, 4.69) is 5.32 Å². The van der Waals surface area contributed by atoms with Crippen LogP contribution in [-0.2, 0) is 9.53 Å². The average molecular weight is 398 g/mol. The molecule has 0 radical (unpaired) electrons. The molecule has 9 heteroatoms. The number of halogens is 3. The lowest BCUT2D eigenvalue weighted by Gasteiger charge is -2.26. The van der Waals surface area contributed by atoms with Crippen LogP contribution in [0.4, 0.5) is 8.78 Å². The summed E-state index contributed by atoms with van der Waals surface area (Å²) < 4.78 is 42.2. The number of nitrogens with one attached hydrogen (secondary N) is 1. The van der Waals surface area contributed by atoms with Crippen molar-refractivity contribution < 1.29 is 32.6 Å². The summed E-state index contributed by atoms with van der Waals surface area (Å²) in [4.78, 5) is 23.7. The standard InChI is InChI=1S/C18H14ClF2NO5/c19-12-6-14(21)13(20)5-11(12)18(24)26-9-17(23)22-7-10-8-25-15-3-1-2-4-16(15)27-10/h1-6,10H,7-9H2,(H,22,23). The number of carbonyl (C=O) groups is 2. The third kappa shape index (κ3) is 4.65. The van der Waals surface area contributed by atoms with Gasteiger partial charge in [0, 0.05) is 0 Å². The predicted molar refractivity (Wildman–Crippen MR) is 91.0 cm³/mol. The summed E-state index contributed by atoms with van der Waals surface area (Å²) >= 11 is 5.68. The molecule has 2 aromatic rings. The minimum Gasteiger partial charge on any atom is -0.486 e. The van der Waals surface area contributed by atoms with Crippen molar-refractivity contribution in [3.63, 3.8) is 0 Å². The second-order valence-electron chi connectivity index (χ2n) is 5.62. The molecule has 3 rings (SSSR count). The van der Waals surface area contributed by atoms with Gasteiger partial charge in [0.2, 0.25) is 0 Å². The Kier molecular flexibility index (Phi) is 5.75. The van der Waals surface area contributed by atoms with E-state index in [-0.39, 0.29) is 23.7 Å². The van der Waals surface area contributed by atoms with E-state index in [1.54, 1.807) is 18.2 Å². The molecule has 1 amide bonds. The lowest BCUT2D eigenvalue weighted by Crippen LogP contribution is -2.42. The second-order valence-corrected chi connectivity index (χ2v) is 6.03. The molecule has 1 atom stereocenters. The van der Waals surface area contributed by atoms with E-state index in [1.807, 2.05) is 6.07 Å². The zero-order chi connectivity index (χ0) is 19.4. The summed E-state index contributed by atoms with van der Waals surface area (Å²) in [5, 5.41) is 2.22. The summed E-state index contributed by atoms with van der Waals surface area (Å²) in [5.41, 5.74) is -0.371. The molecule has 6 nitrogen and oxygen atoms in total. The molecule has 1 N–H and O–H groups in total. The minimum absolute atomic E-state index is 0.136. The van der Waals surface area contributed by atoms with Gasteiger partial charge < -0.3 is 19.5 Å². The molecule has 0 spiro atoms. The fraction of sp³-hybridized carbons (Fsp3) is 0.222. The number of rotatable bonds is 5. The largest absolute Gasteiger partial charge is 0.486 e. The second kappa shape index (κ2) is 8.22. The highest BCUT2D eigenvalue weighted by atomic mass is 35.5. The first-order valence-electron chi connectivity index (χ1n) is 7.91. The Hall–Kier alpha value is -2.87. The highest BCUT2D eigenvalue weighted by Crippen LogP contribution is 2.30. The zero-order valence-corrected chi connectivity index (χ0v) is 14.6. The van der Waals surface area contributed by atoms with Crippen molar-refractivity contribution in [1.82, 2.24) is 5.32 Å². The maximum absolute atomic E-state index is 13.2. The molecular formula is C18H14ClF2NO5. The normalized spacial score (nSPS) is 15.1. The summed E-state index contributed by atoms with van der Waals surface area (Å²) in [7, 11) is 0. The first-order valence-corrected chi connectivity index (χ1v) is 8.28. The van der Waals surface area contributed by atoms with E-state index in [1.165, 1.54) is 0 Å². The average Bonchev–Trinajstić information content (AvgIpc) is 2.67. The molecule has 27 heavy (non-hydrogen) atoms. The summed E-state index contributed by atoms with van der Waals surface area (Å²) in [6.07, 6.45) is -0.403. The number of fused-ring (bicyclic) bond motifs is 1. The number of carbonyl (C=O) groups excluding carboxylic acids is 2. The van der Waals surface area contributed by atoms with Gasteiger partial charge in [0.25, 0.3) is 5.91 Å². The van der Waals surface area contributed by atoms with Crippen LogP contribution in [0.3, 0.4) is 0 Å². The molecule has 1 unspecified atom stereocenters. The Morgan fingerprint density at radius 2 is 1.89 bits per heavy atom. The van der Waals surface area contributed by atoms with E-state index in [0.717, 1.165) is 0 Å². The van der Waals surface area contributed by atoms with Crippen molar-refractivity contribution in [1.29, 1.82) is 0 Å². The van der Waals surface area contributed by atoms with Gasteiger partial charge in [-0.05, 0) is 24.3 Å². The van der Waals surface area contributed by atoms with Crippen LogP contribution in [0.1, 0.15) is 10.4 Å². The Morgan fingerprint density at radius 1 is 1.19 bits per heavy atom. The van der Waals surface area contributed by atoms with Gasteiger partial charge in [-0.3, -0.25) is 4.79 Å². The van der Waals surface area contributed by atoms with Gasteiger partial charge in [-0.1, -0.05) is 23.7 Å². The Balaban J connectivity index is 1.46. The Morgan fingerprint density at radius 3 is 2.67 bits per heavy atom. The number of benzene rings is 2. The van der Waals surface area contributed by atoms with Gasteiger partial charge in [0.1, 0.15) is 12.7 Å². The quantitative estimate of drug-likeness (QED) is 0.620. The number of esters is 1. The van der Waals surface area contributed by atoms with Crippen LogP contribution in [0.15, 0.2) is 36.4 Å². The molecule has 0 bridgehead atoms. The van der Waals surface area contributed by atoms with Crippen LogP contribution >= 0.6 is 11.6 Å². The number of hydrogen-bond donors (Lipinski definition) is 1. The van der Waals surface area contributed by atoms with E-state index in [0.29, 0.717) is 23.6 Å². The van der Waals surface area contributed by atoms with Crippen molar-refractivity contribution in [3.8, 4) is 11.5 Å². The molecule has 0 saturated heterocycles. The van der Waals surface area contributed by atoms with Gasteiger partial charge in [-0.15, -0.1) is 0 Å². The third-order valence-electron chi connectivity index (χ3n) is 3.66. The van der Waals surface area contributed by atoms with Gasteiger partial charge in [0.05, 0.1) is 17.1 Å². The molecule has 0 aliphatic carbocycles. The van der Waals surface area contributed by atoms with Crippen LogP contribution in [-0.4, -0.2) is 37.7 Å². The molecule has 1 heterocycles.